The van der Waals surface area contributed by atoms with Gasteiger partial charge < -0.3 is 4.74 Å². The van der Waals surface area contributed by atoms with Gasteiger partial charge in [-0.25, -0.2) is 0 Å². The summed E-state index contributed by atoms with van der Waals surface area (Å²) < 4.78 is 5.85. The molecule has 0 spiro atoms. The van der Waals surface area contributed by atoms with E-state index >= 15 is 0 Å². The first kappa shape index (κ1) is 15.9. The van der Waals surface area contributed by atoms with Gasteiger partial charge in [0.05, 0.1) is 11.1 Å². The number of nitrogens with zero attached hydrogens (tertiary/aromatic N) is 2. The lowest BCUT2D eigenvalue weighted by Crippen LogP contribution is -2.10. The molecule has 0 heterocycles. The van der Waals surface area contributed by atoms with Crippen LogP contribution in [0.15, 0.2) is 41.3 Å². The van der Waals surface area contributed by atoms with Gasteiger partial charge in [0.25, 0.3) is 0 Å². The average Bonchev–Trinajstić information content (AvgIpc) is 2.48. The third kappa shape index (κ3) is 3.42. The zero-order valence-corrected chi connectivity index (χ0v) is 13.6. The molecule has 0 bridgehead atoms. The zero-order valence-electron chi connectivity index (χ0n) is 12.7. The summed E-state index contributed by atoms with van der Waals surface area (Å²) in [4.78, 5) is 0.718. The molecule has 2 rings (SSSR count). The van der Waals surface area contributed by atoms with E-state index in [9.17, 15) is 0 Å². The minimum atomic E-state index is 0.00205. The summed E-state index contributed by atoms with van der Waals surface area (Å²) in [5.74, 6) is 1.14. The van der Waals surface area contributed by atoms with Crippen LogP contribution in [-0.2, 0) is 5.41 Å². The van der Waals surface area contributed by atoms with Gasteiger partial charge in [0.2, 0.25) is 0 Å². The topological polar surface area (TPSA) is 56.8 Å². The molecular formula is C18H16N2OS. The fourth-order valence-electron chi connectivity index (χ4n) is 1.97. The minimum Gasteiger partial charge on any atom is -0.456 e. The second kappa shape index (κ2) is 6.13. The third-order valence-electron chi connectivity index (χ3n) is 3.29. The molecule has 0 saturated carbocycles. The quantitative estimate of drug-likeness (QED) is 0.810. The van der Waals surface area contributed by atoms with Crippen LogP contribution in [0.5, 0.6) is 11.5 Å². The van der Waals surface area contributed by atoms with Crippen molar-refractivity contribution in [3.63, 3.8) is 0 Å². The molecule has 0 amide bonds. The maximum absolute atomic E-state index is 9.07. The number of hydrogen-bond acceptors (Lipinski definition) is 4. The summed E-state index contributed by atoms with van der Waals surface area (Å²) in [6, 6.07) is 14.7. The van der Waals surface area contributed by atoms with Crippen molar-refractivity contribution in [2.75, 3.05) is 0 Å². The number of thiol groups is 1. The molecule has 3 nitrogen and oxygen atoms in total. The van der Waals surface area contributed by atoms with Crippen LogP contribution in [0, 0.1) is 22.7 Å². The van der Waals surface area contributed by atoms with E-state index in [-0.39, 0.29) is 5.41 Å². The Labute approximate surface area is 136 Å². The summed E-state index contributed by atoms with van der Waals surface area (Å²) >= 11 is 4.42. The van der Waals surface area contributed by atoms with Gasteiger partial charge >= 0.3 is 0 Å². The smallest absolute Gasteiger partial charge is 0.141 e. The highest BCUT2D eigenvalue weighted by molar-refractivity contribution is 7.80. The number of hydrogen-bond donors (Lipinski definition) is 1. The average molecular weight is 308 g/mol. The number of nitriles is 2. The Hall–Kier alpha value is -2.43. The van der Waals surface area contributed by atoms with Gasteiger partial charge in [-0.3, -0.25) is 0 Å². The largest absolute Gasteiger partial charge is 0.456 e. The van der Waals surface area contributed by atoms with Gasteiger partial charge in [0.15, 0.2) is 0 Å². The van der Waals surface area contributed by atoms with E-state index < -0.39 is 0 Å². The molecule has 110 valence electrons. The molecule has 0 aliphatic rings. The number of benzene rings is 2. The van der Waals surface area contributed by atoms with E-state index in [1.165, 1.54) is 0 Å². The normalized spacial score (nSPS) is 10.6. The van der Waals surface area contributed by atoms with Gasteiger partial charge in [0, 0.05) is 4.90 Å². The second-order valence-electron chi connectivity index (χ2n) is 5.97. The van der Waals surface area contributed by atoms with Crippen molar-refractivity contribution in [1.29, 1.82) is 10.5 Å². The first-order chi connectivity index (χ1) is 10.3. The van der Waals surface area contributed by atoms with E-state index in [0.29, 0.717) is 22.6 Å². The predicted octanol–water partition coefficient (Wildman–Crippen LogP) is 4.81. The van der Waals surface area contributed by atoms with E-state index in [1.54, 1.807) is 18.2 Å². The molecule has 0 atom stereocenters. The molecule has 22 heavy (non-hydrogen) atoms. The molecule has 4 heteroatoms. The van der Waals surface area contributed by atoms with Crippen molar-refractivity contribution in [2.24, 2.45) is 0 Å². The first-order valence-corrected chi connectivity index (χ1v) is 7.25. The molecule has 2 aromatic rings. The maximum atomic E-state index is 9.07. The standard InChI is InChI=1S/C18H16N2OS/c1-18(2,3)14-5-7-17(22)16(9-14)21-15-6-4-12(10-19)13(8-15)11-20/h4-9,22H,1-3H3. The maximum Gasteiger partial charge on any atom is 0.141 e. The summed E-state index contributed by atoms with van der Waals surface area (Å²) in [6.07, 6.45) is 0. The van der Waals surface area contributed by atoms with Crippen LogP contribution in [0.2, 0.25) is 0 Å². The summed E-state index contributed by atoms with van der Waals surface area (Å²) in [7, 11) is 0. The summed E-state index contributed by atoms with van der Waals surface area (Å²) in [5.41, 5.74) is 1.77. The first-order valence-electron chi connectivity index (χ1n) is 6.81. The highest BCUT2D eigenvalue weighted by Gasteiger charge is 2.16. The Morgan fingerprint density at radius 3 is 2.23 bits per heavy atom. The van der Waals surface area contributed by atoms with Crippen molar-refractivity contribution in [2.45, 2.75) is 31.1 Å². The molecule has 0 fully saturated rings. The van der Waals surface area contributed by atoms with Crippen molar-refractivity contribution >= 4 is 12.6 Å². The highest BCUT2D eigenvalue weighted by Crippen LogP contribution is 2.33. The Bertz CT molecular complexity index is 792. The van der Waals surface area contributed by atoms with Crippen molar-refractivity contribution in [3.8, 4) is 23.6 Å². The van der Waals surface area contributed by atoms with Gasteiger partial charge in [0.1, 0.15) is 23.6 Å². The van der Waals surface area contributed by atoms with E-state index in [4.69, 9.17) is 15.3 Å². The second-order valence-corrected chi connectivity index (χ2v) is 6.45. The van der Waals surface area contributed by atoms with Gasteiger partial charge in [-0.2, -0.15) is 10.5 Å². The highest BCUT2D eigenvalue weighted by atomic mass is 32.1. The zero-order chi connectivity index (χ0) is 16.3. The summed E-state index contributed by atoms with van der Waals surface area (Å²) in [6.45, 7) is 6.37. The fraction of sp³-hybridized carbons (Fsp3) is 0.222. The van der Waals surface area contributed by atoms with E-state index in [1.807, 2.05) is 30.3 Å². The third-order valence-corrected chi connectivity index (χ3v) is 3.66. The van der Waals surface area contributed by atoms with E-state index in [0.717, 1.165) is 10.5 Å². The van der Waals surface area contributed by atoms with Crippen molar-refractivity contribution in [3.05, 3.63) is 53.1 Å². The van der Waals surface area contributed by atoms with Gasteiger partial charge in [-0.05, 0) is 41.3 Å². The lowest BCUT2D eigenvalue weighted by Gasteiger charge is -2.20. The molecule has 0 aliphatic heterocycles. The van der Waals surface area contributed by atoms with Crippen LogP contribution in [0.25, 0.3) is 0 Å². The van der Waals surface area contributed by atoms with Gasteiger partial charge in [-0.1, -0.05) is 26.8 Å². The number of ether oxygens (including phenoxy) is 1. The molecule has 2 aromatic carbocycles. The Balaban J connectivity index is 2.40. The molecule has 0 saturated heterocycles. The Morgan fingerprint density at radius 1 is 0.955 bits per heavy atom. The Morgan fingerprint density at radius 2 is 1.64 bits per heavy atom. The van der Waals surface area contributed by atoms with Crippen LogP contribution < -0.4 is 4.74 Å². The van der Waals surface area contributed by atoms with Crippen LogP contribution >= 0.6 is 12.6 Å². The lowest BCUT2D eigenvalue weighted by molar-refractivity contribution is 0.467. The lowest BCUT2D eigenvalue weighted by atomic mass is 9.87. The van der Waals surface area contributed by atoms with Crippen molar-refractivity contribution < 1.29 is 4.74 Å². The predicted molar refractivity (Wildman–Crippen MR) is 88.3 cm³/mol. The van der Waals surface area contributed by atoms with E-state index in [2.05, 4.69) is 33.4 Å². The van der Waals surface area contributed by atoms with Crippen LogP contribution in [0.3, 0.4) is 0 Å². The summed E-state index contributed by atoms with van der Waals surface area (Å²) in [5, 5.41) is 18.0. The molecular weight excluding hydrogens is 292 g/mol. The molecule has 0 aliphatic carbocycles. The van der Waals surface area contributed by atoms with Crippen molar-refractivity contribution in [1.82, 2.24) is 0 Å². The molecule has 0 unspecified atom stereocenters. The SMILES string of the molecule is CC(C)(C)c1ccc(S)c(Oc2ccc(C#N)c(C#N)c2)c1. The molecule has 0 N–H and O–H groups in total. The van der Waals surface area contributed by atoms with Gasteiger partial charge in [-0.15, -0.1) is 12.6 Å². The number of rotatable bonds is 2. The fourth-order valence-corrected chi connectivity index (χ4v) is 2.15. The minimum absolute atomic E-state index is 0.00205. The monoisotopic (exact) mass is 308 g/mol. The van der Waals surface area contributed by atoms with Crippen LogP contribution in [-0.4, -0.2) is 0 Å². The van der Waals surface area contributed by atoms with Crippen LogP contribution in [0.4, 0.5) is 0 Å². The Kier molecular flexibility index (Phi) is 4.45. The van der Waals surface area contributed by atoms with Crippen LogP contribution in [0.1, 0.15) is 37.5 Å². The molecule has 0 radical (unpaired) electrons. The molecule has 0 aromatic heterocycles.